The first kappa shape index (κ1) is 21.6. The van der Waals surface area contributed by atoms with Gasteiger partial charge in [0.1, 0.15) is 24.4 Å². The number of ether oxygens (including phenoxy) is 2. The number of allylic oxidation sites excluding steroid dienone is 1. The molecule has 4 atom stereocenters. The number of aliphatic hydroxyl groups excluding tert-OH is 3. The zero-order chi connectivity index (χ0) is 17.6. The fraction of sp³-hybridized carbons (Fsp3) is 0.895. The molecule has 0 bridgehead atoms. The molecular formula is C19H36O5. The maximum atomic E-state index is 9.83. The molecule has 142 valence electrons. The second kappa shape index (κ2) is 13.8. The highest BCUT2D eigenvalue weighted by Gasteiger charge is 2.40. The Morgan fingerprint density at radius 2 is 1.62 bits per heavy atom. The largest absolute Gasteiger partial charge is 0.394 e. The lowest BCUT2D eigenvalue weighted by Crippen LogP contribution is -2.42. The molecule has 0 aromatic heterocycles. The van der Waals surface area contributed by atoms with Gasteiger partial charge >= 0.3 is 0 Å². The number of hydrogen-bond donors (Lipinski definition) is 3. The molecule has 5 heteroatoms. The van der Waals surface area contributed by atoms with Gasteiger partial charge in [-0.2, -0.15) is 0 Å². The zero-order valence-corrected chi connectivity index (χ0v) is 14.9. The summed E-state index contributed by atoms with van der Waals surface area (Å²) in [6.45, 7) is 4.06. The number of unbranched alkanes of at least 4 members (excludes halogenated alkanes) is 9. The van der Waals surface area contributed by atoms with Gasteiger partial charge in [0.2, 0.25) is 0 Å². The van der Waals surface area contributed by atoms with Crippen molar-refractivity contribution in [1.82, 2.24) is 0 Å². The fourth-order valence-corrected chi connectivity index (χ4v) is 3.11. The Morgan fingerprint density at radius 3 is 2.21 bits per heavy atom. The second-order valence-electron chi connectivity index (χ2n) is 6.71. The summed E-state index contributed by atoms with van der Waals surface area (Å²) < 4.78 is 11.0. The van der Waals surface area contributed by atoms with Crippen LogP contribution >= 0.6 is 0 Å². The fourth-order valence-electron chi connectivity index (χ4n) is 3.11. The summed E-state index contributed by atoms with van der Waals surface area (Å²) in [5.74, 6) is 0. The van der Waals surface area contributed by atoms with E-state index in [-0.39, 0.29) is 13.2 Å². The van der Waals surface area contributed by atoms with E-state index in [1.165, 1.54) is 44.9 Å². The van der Waals surface area contributed by atoms with E-state index in [0.29, 0.717) is 6.61 Å². The second-order valence-corrected chi connectivity index (χ2v) is 6.71. The Balaban J connectivity index is 1.95. The molecule has 1 aliphatic rings. The molecule has 0 saturated carbocycles. The van der Waals surface area contributed by atoms with Gasteiger partial charge in [0.15, 0.2) is 0 Å². The van der Waals surface area contributed by atoms with Crippen molar-refractivity contribution in [2.45, 2.75) is 88.6 Å². The minimum absolute atomic E-state index is 0.152. The third kappa shape index (κ3) is 8.58. The van der Waals surface area contributed by atoms with Crippen LogP contribution in [-0.2, 0) is 9.47 Å². The van der Waals surface area contributed by atoms with E-state index in [9.17, 15) is 10.2 Å². The Morgan fingerprint density at radius 1 is 1.04 bits per heavy atom. The summed E-state index contributed by atoms with van der Waals surface area (Å²) in [6.07, 6.45) is 11.3. The molecule has 24 heavy (non-hydrogen) atoms. The van der Waals surface area contributed by atoms with Crippen LogP contribution in [0.5, 0.6) is 0 Å². The standard InChI is InChI=1S/C19H36O5/c1-2-3-4-5-6-7-8-9-10-11-12-13-23-19-17(22)15-24-18(19)16(21)14-20/h2,16-22H,1,3-15H2/t16-,17+,18-,19-/m1/s1. The van der Waals surface area contributed by atoms with E-state index in [0.717, 1.165) is 19.3 Å². The lowest BCUT2D eigenvalue weighted by molar-refractivity contribution is -0.0938. The Labute approximate surface area is 146 Å². The van der Waals surface area contributed by atoms with E-state index < -0.39 is 24.4 Å². The van der Waals surface area contributed by atoms with Crippen molar-refractivity contribution in [3.63, 3.8) is 0 Å². The van der Waals surface area contributed by atoms with Gasteiger partial charge in [0.05, 0.1) is 13.2 Å². The van der Waals surface area contributed by atoms with Crippen LogP contribution in [0, 0.1) is 0 Å². The summed E-state index contributed by atoms with van der Waals surface area (Å²) in [7, 11) is 0. The average Bonchev–Trinajstić information content (AvgIpc) is 2.96. The molecule has 0 spiro atoms. The SMILES string of the molecule is C=CCCCCCCCCCCCO[C@H]1[C@@H]([C@H](O)CO)OC[C@@H]1O. The van der Waals surface area contributed by atoms with Crippen LogP contribution in [0.4, 0.5) is 0 Å². The topological polar surface area (TPSA) is 79.2 Å². The lowest BCUT2D eigenvalue weighted by atomic mass is 10.1. The van der Waals surface area contributed by atoms with Gasteiger partial charge in [-0.25, -0.2) is 0 Å². The third-order valence-electron chi connectivity index (χ3n) is 4.59. The van der Waals surface area contributed by atoms with Crippen LogP contribution in [-0.4, -0.2) is 59.6 Å². The van der Waals surface area contributed by atoms with Gasteiger partial charge in [-0.15, -0.1) is 6.58 Å². The summed E-state index contributed by atoms with van der Waals surface area (Å²) in [5, 5.41) is 28.5. The molecule has 1 fully saturated rings. The van der Waals surface area contributed by atoms with Gasteiger partial charge in [-0.05, 0) is 19.3 Å². The highest BCUT2D eigenvalue weighted by molar-refractivity contribution is 4.89. The molecule has 1 saturated heterocycles. The average molecular weight is 344 g/mol. The Bertz CT molecular complexity index is 310. The van der Waals surface area contributed by atoms with E-state index in [2.05, 4.69) is 6.58 Å². The van der Waals surface area contributed by atoms with Crippen LogP contribution in [0.3, 0.4) is 0 Å². The van der Waals surface area contributed by atoms with Crippen LogP contribution < -0.4 is 0 Å². The van der Waals surface area contributed by atoms with Crippen LogP contribution in [0.25, 0.3) is 0 Å². The molecule has 0 unspecified atom stereocenters. The smallest absolute Gasteiger partial charge is 0.114 e. The number of rotatable bonds is 15. The lowest BCUT2D eigenvalue weighted by Gasteiger charge is -2.23. The van der Waals surface area contributed by atoms with Gasteiger partial charge in [-0.3, -0.25) is 0 Å². The summed E-state index contributed by atoms with van der Waals surface area (Å²) in [6, 6.07) is 0. The van der Waals surface area contributed by atoms with Crippen LogP contribution in [0.2, 0.25) is 0 Å². The van der Waals surface area contributed by atoms with Crippen molar-refractivity contribution in [2.75, 3.05) is 19.8 Å². The molecule has 1 heterocycles. The molecule has 3 N–H and O–H groups in total. The van der Waals surface area contributed by atoms with Gasteiger partial charge in [0.25, 0.3) is 0 Å². The Hall–Kier alpha value is -0.460. The monoisotopic (exact) mass is 344 g/mol. The van der Waals surface area contributed by atoms with Gasteiger partial charge < -0.3 is 24.8 Å². The normalized spacial score (nSPS) is 25.0. The van der Waals surface area contributed by atoms with Crippen molar-refractivity contribution in [3.8, 4) is 0 Å². The molecule has 1 aliphatic heterocycles. The van der Waals surface area contributed by atoms with Gasteiger partial charge in [-0.1, -0.05) is 51.0 Å². The maximum Gasteiger partial charge on any atom is 0.114 e. The quantitative estimate of drug-likeness (QED) is 0.314. The molecule has 0 aliphatic carbocycles. The van der Waals surface area contributed by atoms with E-state index in [4.69, 9.17) is 14.6 Å². The molecule has 5 nitrogen and oxygen atoms in total. The molecule has 0 amide bonds. The molecular weight excluding hydrogens is 308 g/mol. The maximum absolute atomic E-state index is 9.83. The van der Waals surface area contributed by atoms with Crippen molar-refractivity contribution in [3.05, 3.63) is 12.7 Å². The van der Waals surface area contributed by atoms with Crippen molar-refractivity contribution < 1.29 is 24.8 Å². The highest BCUT2D eigenvalue weighted by atomic mass is 16.6. The predicted molar refractivity (Wildman–Crippen MR) is 94.9 cm³/mol. The van der Waals surface area contributed by atoms with E-state index in [1.807, 2.05) is 6.08 Å². The van der Waals surface area contributed by atoms with E-state index >= 15 is 0 Å². The van der Waals surface area contributed by atoms with Crippen molar-refractivity contribution in [1.29, 1.82) is 0 Å². The minimum atomic E-state index is -1.00. The van der Waals surface area contributed by atoms with Crippen LogP contribution in [0.1, 0.15) is 64.2 Å². The summed E-state index contributed by atoms with van der Waals surface area (Å²) in [5.41, 5.74) is 0. The van der Waals surface area contributed by atoms with Crippen molar-refractivity contribution in [2.24, 2.45) is 0 Å². The predicted octanol–water partition coefficient (Wildman–Crippen LogP) is 2.57. The first-order chi connectivity index (χ1) is 11.7. The molecule has 0 aromatic rings. The Kier molecular flexibility index (Phi) is 12.4. The number of aliphatic hydroxyl groups is 3. The van der Waals surface area contributed by atoms with Crippen LogP contribution in [0.15, 0.2) is 12.7 Å². The molecule has 0 radical (unpaired) electrons. The highest BCUT2D eigenvalue weighted by Crippen LogP contribution is 2.21. The first-order valence-corrected chi connectivity index (χ1v) is 9.51. The molecule has 0 aromatic carbocycles. The van der Waals surface area contributed by atoms with E-state index in [1.54, 1.807) is 0 Å². The summed E-state index contributed by atoms with van der Waals surface area (Å²) >= 11 is 0. The molecule has 1 rings (SSSR count). The van der Waals surface area contributed by atoms with Gasteiger partial charge in [0, 0.05) is 6.61 Å². The third-order valence-corrected chi connectivity index (χ3v) is 4.59. The number of hydrogen-bond acceptors (Lipinski definition) is 5. The summed E-state index contributed by atoms with van der Waals surface area (Å²) in [4.78, 5) is 0. The minimum Gasteiger partial charge on any atom is -0.394 e. The zero-order valence-electron chi connectivity index (χ0n) is 14.9. The van der Waals surface area contributed by atoms with Crippen molar-refractivity contribution >= 4 is 0 Å². The first-order valence-electron chi connectivity index (χ1n) is 9.51.